The minimum atomic E-state index is -0.178. The van der Waals surface area contributed by atoms with Crippen LogP contribution in [0.2, 0.25) is 0 Å². The zero-order chi connectivity index (χ0) is 37.5. The molecule has 0 radical (unpaired) electrons. The van der Waals surface area contributed by atoms with Gasteiger partial charge in [0.15, 0.2) is 0 Å². The van der Waals surface area contributed by atoms with E-state index >= 15 is 0 Å². The van der Waals surface area contributed by atoms with E-state index in [2.05, 4.69) is 120 Å². The van der Waals surface area contributed by atoms with Crippen LogP contribution in [0.4, 0.5) is 11.4 Å². The Balaban J connectivity index is 1.19. The van der Waals surface area contributed by atoms with Crippen molar-refractivity contribution in [3.8, 4) is 11.5 Å². The van der Waals surface area contributed by atoms with Crippen molar-refractivity contribution in [2.45, 2.75) is 115 Å². The Bertz CT molecular complexity index is 2150. The molecule has 4 aliphatic rings. The molecule has 0 saturated heterocycles. The summed E-state index contributed by atoms with van der Waals surface area (Å²) in [6.07, 6.45) is 8.70. The third-order valence-corrected chi connectivity index (χ3v) is 13.4. The highest BCUT2D eigenvalue weighted by atomic mass is 16.3. The van der Waals surface area contributed by atoms with Gasteiger partial charge in [0.05, 0.1) is 12.6 Å². The normalized spacial score (nSPS) is 21.2. The van der Waals surface area contributed by atoms with Gasteiger partial charge in [-0.2, -0.15) is 0 Å². The summed E-state index contributed by atoms with van der Waals surface area (Å²) in [6, 6.07) is 19.2. The number of aromatic hydroxyl groups is 2. The van der Waals surface area contributed by atoms with Crippen LogP contribution >= 0.6 is 0 Å². The fourth-order valence-corrected chi connectivity index (χ4v) is 9.73. The average molecular weight is 711 g/mol. The molecule has 0 amide bonds. The molecule has 0 bridgehead atoms. The lowest BCUT2D eigenvalue weighted by Crippen LogP contribution is -2.44. The van der Waals surface area contributed by atoms with E-state index in [1.165, 1.54) is 38.8 Å². The highest BCUT2D eigenvalue weighted by molar-refractivity contribution is 5.90. The molecule has 0 aromatic heterocycles. The molecular weight excluding hydrogens is 653 g/mol. The lowest BCUT2D eigenvalue weighted by Gasteiger charge is -2.48. The zero-order valence-electron chi connectivity index (χ0n) is 33.2. The SMILES string of the molecule is CC1(C)CCN2CCC(C)(C)c3c(O)c(C=NCC(Cc4cccc5ccccc45)N=Cc4cc5c6c(c4O)C(C)(C)CCN6CCC5(C)C)cc1c32. The summed E-state index contributed by atoms with van der Waals surface area (Å²) in [5.41, 5.74) is 9.80. The molecule has 0 aliphatic carbocycles. The van der Waals surface area contributed by atoms with E-state index in [0.717, 1.165) is 74.1 Å². The van der Waals surface area contributed by atoms with Crippen molar-refractivity contribution in [3.05, 3.63) is 93.5 Å². The number of hydrogen-bond acceptors (Lipinski definition) is 6. The van der Waals surface area contributed by atoms with Gasteiger partial charge in [0.2, 0.25) is 0 Å². The first-order valence-corrected chi connectivity index (χ1v) is 19.9. The summed E-state index contributed by atoms with van der Waals surface area (Å²) in [5, 5.41) is 26.3. The zero-order valence-corrected chi connectivity index (χ0v) is 33.2. The third kappa shape index (κ3) is 6.10. The summed E-state index contributed by atoms with van der Waals surface area (Å²) < 4.78 is 0. The predicted molar refractivity (Wildman–Crippen MR) is 223 cm³/mol. The molecule has 2 N–H and O–H groups in total. The Kier molecular flexibility index (Phi) is 8.51. The highest BCUT2D eigenvalue weighted by Gasteiger charge is 2.43. The number of rotatable bonds is 7. The Morgan fingerprint density at radius 3 is 1.70 bits per heavy atom. The molecule has 53 heavy (non-hydrogen) atoms. The monoisotopic (exact) mass is 710 g/mol. The number of phenolic OH excluding ortho intramolecular Hbond substituents is 2. The van der Waals surface area contributed by atoms with E-state index in [1.807, 2.05) is 12.4 Å². The van der Waals surface area contributed by atoms with Gasteiger partial charge in [0.1, 0.15) is 11.5 Å². The van der Waals surface area contributed by atoms with Crippen LogP contribution in [0.3, 0.4) is 0 Å². The fraction of sp³-hybridized carbons (Fsp3) is 0.489. The third-order valence-electron chi connectivity index (χ3n) is 13.4. The van der Waals surface area contributed by atoms with Gasteiger partial charge >= 0.3 is 0 Å². The van der Waals surface area contributed by atoms with Gasteiger partial charge < -0.3 is 20.0 Å². The maximum Gasteiger partial charge on any atom is 0.130 e. The van der Waals surface area contributed by atoms with E-state index in [0.29, 0.717) is 24.5 Å². The largest absolute Gasteiger partial charge is 0.507 e. The van der Waals surface area contributed by atoms with Crippen molar-refractivity contribution in [1.82, 2.24) is 0 Å². The molecule has 8 rings (SSSR count). The standard InChI is InChI=1S/C47H58N4O2/c1-44(2)16-20-50-22-18-46(5,6)38-40(50)36(44)25-32(42(38)52)27-48-29-34(24-31-14-11-13-30-12-9-10-15-35(30)31)49-28-33-26-37-41-39(43(33)53)47(7,8)19-23-51(41)21-17-45(37,3)4/h9-15,25-28,34,52-53H,16-24,29H2,1-8H3. The summed E-state index contributed by atoms with van der Waals surface area (Å²) >= 11 is 0. The van der Waals surface area contributed by atoms with Crippen LogP contribution in [-0.4, -0.2) is 61.4 Å². The lowest BCUT2D eigenvalue weighted by atomic mass is 9.69. The van der Waals surface area contributed by atoms with E-state index in [-0.39, 0.29) is 27.7 Å². The number of aliphatic imine (C=N–C) groups is 2. The minimum absolute atomic E-state index is 0.00725. The quantitative estimate of drug-likeness (QED) is 0.188. The minimum Gasteiger partial charge on any atom is -0.507 e. The number of anilines is 2. The van der Waals surface area contributed by atoms with Gasteiger partial charge in [-0.1, -0.05) is 97.9 Å². The second-order valence-electron chi connectivity index (χ2n) is 18.9. The van der Waals surface area contributed by atoms with Crippen LogP contribution in [0.1, 0.15) is 120 Å². The summed E-state index contributed by atoms with van der Waals surface area (Å²) in [6.45, 7) is 23.0. The van der Waals surface area contributed by atoms with Crippen LogP contribution < -0.4 is 9.80 Å². The molecule has 4 aliphatic heterocycles. The van der Waals surface area contributed by atoms with E-state index < -0.39 is 0 Å². The molecule has 278 valence electrons. The number of fused-ring (bicyclic) bond motifs is 1. The highest BCUT2D eigenvalue weighted by Crippen LogP contribution is 2.54. The van der Waals surface area contributed by atoms with Gasteiger partial charge in [-0.05, 0) is 93.4 Å². The Morgan fingerprint density at radius 2 is 1.13 bits per heavy atom. The predicted octanol–water partition coefficient (Wildman–Crippen LogP) is 9.74. The Hall–Kier alpha value is -4.32. The van der Waals surface area contributed by atoms with Crippen LogP contribution in [0.25, 0.3) is 10.8 Å². The van der Waals surface area contributed by atoms with Crippen molar-refractivity contribution in [3.63, 3.8) is 0 Å². The molecule has 0 saturated carbocycles. The molecule has 0 fully saturated rings. The molecule has 4 aromatic rings. The van der Waals surface area contributed by atoms with E-state index in [4.69, 9.17) is 9.98 Å². The molecule has 1 atom stereocenters. The second-order valence-corrected chi connectivity index (χ2v) is 18.9. The topological polar surface area (TPSA) is 71.7 Å². The van der Waals surface area contributed by atoms with Crippen molar-refractivity contribution >= 4 is 34.6 Å². The van der Waals surface area contributed by atoms with Gasteiger partial charge in [-0.3, -0.25) is 9.98 Å². The van der Waals surface area contributed by atoms with Crippen LogP contribution in [0.15, 0.2) is 64.6 Å². The van der Waals surface area contributed by atoms with Gasteiger partial charge in [-0.25, -0.2) is 0 Å². The van der Waals surface area contributed by atoms with Crippen LogP contribution in [-0.2, 0) is 28.1 Å². The van der Waals surface area contributed by atoms with E-state index in [1.54, 1.807) is 0 Å². The number of hydrogen-bond donors (Lipinski definition) is 2. The lowest BCUT2D eigenvalue weighted by molar-refractivity contribution is 0.377. The first-order chi connectivity index (χ1) is 25.1. The van der Waals surface area contributed by atoms with E-state index in [9.17, 15) is 10.2 Å². The molecular formula is C47H58N4O2. The Morgan fingerprint density at radius 1 is 0.642 bits per heavy atom. The summed E-state index contributed by atoms with van der Waals surface area (Å²) in [7, 11) is 0. The number of nitrogens with zero attached hydrogens (tertiary/aromatic N) is 4. The maximum atomic E-state index is 12.0. The smallest absolute Gasteiger partial charge is 0.130 e. The first-order valence-electron chi connectivity index (χ1n) is 19.9. The van der Waals surface area contributed by atoms with Crippen molar-refractivity contribution < 1.29 is 10.2 Å². The van der Waals surface area contributed by atoms with Gasteiger partial charge in [-0.15, -0.1) is 0 Å². The number of benzene rings is 4. The molecule has 6 nitrogen and oxygen atoms in total. The van der Waals surface area contributed by atoms with Crippen molar-refractivity contribution in [1.29, 1.82) is 0 Å². The molecule has 0 spiro atoms. The number of phenols is 2. The molecule has 4 heterocycles. The fourth-order valence-electron chi connectivity index (χ4n) is 9.73. The molecule has 6 heteroatoms. The van der Waals surface area contributed by atoms with Crippen molar-refractivity contribution in [2.24, 2.45) is 9.98 Å². The van der Waals surface area contributed by atoms with Gasteiger partial charge in [0.25, 0.3) is 0 Å². The summed E-state index contributed by atoms with van der Waals surface area (Å²) in [5.74, 6) is 0.723. The maximum absolute atomic E-state index is 12.0. The van der Waals surface area contributed by atoms with Crippen LogP contribution in [0.5, 0.6) is 11.5 Å². The van der Waals surface area contributed by atoms with Crippen molar-refractivity contribution in [2.75, 3.05) is 42.5 Å². The van der Waals surface area contributed by atoms with Gasteiger partial charge in [0, 0.05) is 72.2 Å². The summed E-state index contributed by atoms with van der Waals surface area (Å²) in [4.78, 5) is 15.3. The average Bonchev–Trinajstić information content (AvgIpc) is 3.10. The Labute approximate surface area is 316 Å². The molecule has 4 aromatic carbocycles. The first kappa shape index (κ1) is 35.7. The van der Waals surface area contributed by atoms with Crippen LogP contribution in [0, 0.1) is 0 Å². The second kappa shape index (κ2) is 12.6. The molecule has 1 unspecified atom stereocenters.